The lowest BCUT2D eigenvalue weighted by atomic mass is 10.0. The van der Waals surface area contributed by atoms with E-state index in [1.54, 1.807) is 12.1 Å². The molecule has 49 heavy (non-hydrogen) atoms. The Morgan fingerprint density at radius 3 is 1.35 bits per heavy atom. The fourth-order valence-corrected chi connectivity index (χ4v) is 9.31. The molecule has 0 bridgehead atoms. The fraction of sp³-hybridized carbons (Fsp3) is 0. The van der Waals surface area contributed by atoms with Crippen molar-refractivity contribution >= 4 is 80.1 Å². The molecule has 0 aliphatic carbocycles. The van der Waals surface area contributed by atoms with E-state index in [2.05, 4.69) is 150 Å². The van der Waals surface area contributed by atoms with Crippen molar-refractivity contribution < 1.29 is 0 Å². The molecule has 0 aliphatic heterocycles. The molecule has 0 amide bonds. The average molecular weight is 660 g/mol. The SMILES string of the molecule is N#Cc1ccc(N(c2ccc(-c3cccc4c3sc3ccccc34)cc2)c2ccc(-c3cccc4c3sc3ccccc34)cc2)cc1C#N. The fourth-order valence-electron chi connectivity index (χ4n) is 6.84. The van der Waals surface area contributed by atoms with Gasteiger partial charge in [0.15, 0.2) is 0 Å². The van der Waals surface area contributed by atoms with Gasteiger partial charge in [0.25, 0.3) is 0 Å². The predicted octanol–water partition coefficient (Wildman–Crippen LogP) is 13.0. The van der Waals surface area contributed by atoms with Crippen LogP contribution in [0, 0.1) is 22.7 Å². The first-order chi connectivity index (χ1) is 24.2. The van der Waals surface area contributed by atoms with Gasteiger partial charge in [0, 0.05) is 57.4 Å². The summed E-state index contributed by atoms with van der Waals surface area (Å²) in [6, 6.07) is 57.3. The van der Waals surface area contributed by atoms with Crippen molar-refractivity contribution in [2.24, 2.45) is 0 Å². The highest BCUT2D eigenvalue weighted by Crippen LogP contribution is 2.43. The van der Waals surface area contributed by atoms with Gasteiger partial charge < -0.3 is 4.90 Å². The third-order valence-corrected chi connectivity index (χ3v) is 11.6. The molecule has 0 unspecified atom stereocenters. The number of benzene rings is 7. The molecular weight excluding hydrogens is 635 g/mol. The van der Waals surface area contributed by atoms with Crippen LogP contribution in [0.3, 0.4) is 0 Å². The average Bonchev–Trinajstić information content (AvgIpc) is 3.74. The second kappa shape index (κ2) is 11.8. The van der Waals surface area contributed by atoms with Crippen LogP contribution in [0.5, 0.6) is 0 Å². The highest BCUT2D eigenvalue weighted by atomic mass is 32.1. The molecule has 0 saturated heterocycles. The number of hydrogen-bond acceptors (Lipinski definition) is 5. The molecule has 7 aromatic carbocycles. The van der Waals surface area contributed by atoms with Gasteiger partial charge in [-0.05, 0) is 76.9 Å². The van der Waals surface area contributed by atoms with Crippen LogP contribution in [0.15, 0.2) is 152 Å². The summed E-state index contributed by atoms with van der Waals surface area (Å²) in [6.45, 7) is 0. The maximum atomic E-state index is 9.88. The zero-order chi connectivity index (χ0) is 32.9. The van der Waals surface area contributed by atoms with Crippen molar-refractivity contribution in [2.75, 3.05) is 4.90 Å². The summed E-state index contributed by atoms with van der Waals surface area (Å²) < 4.78 is 5.13. The molecule has 0 radical (unpaired) electrons. The van der Waals surface area contributed by atoms with Crippen LogP contribution >= 0.6 is 22.7 Å². The molecule has 0 atom stereocenters. The van der Waals surface area contributed by atoms with E-state index >= 15 is 0 Å². The van der Waals surface area contributed by atoms with Crippen molar-refractivity contribution in [1.82, 2.24) is 0 Å². The second-order valence-corrected chi connectivity index (χ2v) is 14.0. The lowest BCUT2D eigenvalue weighted by molar-refractivity contribution is 1.27. The largest absolute Gasteiger partial charge is 0.310 e. The smallest absolute Gasteiger partial charge is 0.101 e. The van der Waals surface area contributed by atoms with Crippen LogP contribution in [0.25, 0.3) is 62.6 Å². The van der Waals surface area contributed by atoms with E-state index in [9.17, 15) is 10.5 Å². The molecule has 0 N–H and O–H groups in total. The van der Waals surface area contributed by atoms with E-state index in [1.165, 1.54) is 51.5 Å². The minimum absolute atomic E-state index is 0.353. The first-order valence-electron chi connectivity index (χ1n) is 16.0. The standard InChI is InChI=1S/C44H25N3S2/c45-26-30-19-24-34(25-31(30)27-46)47(32-20-15-28(16-21-32)35-9-5-11-39-37-7-1-3-13-41(37)48-43(35)39)33-22-17-29(18-23-33)36-10-6-12-40-38-8-2-4-14-42(38)49-44(36)40/h1-25H. The highest BCUT2D eigenvalue weighted by molar-refractivity contribution is 7.26. The topological polar surface area (TPSA) is 50.8 Å². The van der Waals surface area contributed by atoms with Crippen molar-refractivity contribution in [3.63, 3.8) is 0 Å². The summed E-state index contributed by atoms with van der Waals surface area (Å²) in [5, 5.41) is 24.6. The molecule has 0 spiro atoms. The van der Waals surface area contributed by atoms with Gasteiger partial charge in [0.1, 0.15) is 12.1 Å². The van der Waals surface area contributed by atoms with Crippen LogP contribution in [0.2, 0.25) is 0 Å². The third-order valence-electron chi connectivity index (χ3n) is 9.18. The minimum Gasteiger partial charge on any atom is -0.310 e. The van der Waals surface area contributed by atoms with Crippen molar-refractivity contribution in [3.8, 4) is 34.4 Å². The first kappa shape index (κ1) is 28.9. The van der Waals surface area contributed by atoms with Gasteiger partial charge in [-0.1, -0.05) is 97.1 Å². The molecule has 228 valence electrons. The maximum absolute atomic E-state index is 9.88. The van der Waals surface area contributed by atoms with Crippen LogP contribution in [-0.4, -0.2) is 0 Å². The van der Waals surface area contributed by atoms with Gasteiger partial charge in [-0.15, -0.1) is 22.7 Å². The molecule has 0 aliphatic rings. The summed E-state index contributed by atoms with van der Waals surface area (Å²) in [6.07, 6.45) is 0. The van der Waals surface area contributed by atoms with Gasteiger partial charge in [0.05, 0.1) is 11.1 Å². The molecule has 9 aromatic rings. The first-order valence-corrected chi connectivity index (χ1v) is 17.6. The number of nitrogens with zero attached hydrogens (tertiary/aromatic N) is 3. The lowest BCUT2D eigenvalue weighted by Crippen LogP contribution is -2.10. The highest BCUT2D eigenvalue weighted by Gasteiger charge is 2.17. The molecule has 2 heterocycles. The van der Waals surface area contributed by atoms with E-state index in [4.69, 9.17) is 0 Å². The summed E-state index contributed by atoms with van der Waals surface area (Å²) in [4.78, 5) is 2.15. The Kier molecular flexibility index (Phi) is 6.95. The van der Waals surface area contributed by atoms with Gasteiger partial charge in [0.2, 0.25) is 0 Å². The summed E-state index contributed by atoms with van der Waals surface area (Å²) in [5.74, 6) is 0. The van der Waals surface area contributed by atoms with Gasteiger partial charge >= 0.3 is 0 Å². The van der Waals surface area contributed by atoms with E-state index in [0.717, 1.165) is 28.2 Å². The zero-order valence-electron chi connectivity index (χ0n) is 26.1. The van der Waals surface area contributed by atoms with E-state index in [-0.39, 0.29) is 0 Å². The number of nitriles is 2. The Balaban J connectivity index is 1.14. The normalized spacial score (nSPS) is 11.2. The Bertz CT molecular complexity index is 2640. The second-order valence-electron chi connectivity index (χ2n) is 11.9. The summed E-state index contributed by atoms with van der Waals surface area (Å²) in [5.41, 5.74) is 8.16. The maximum Gasteiger partial charge on any atom is 0.101 e. The lowest BCUT2D eigenvalue weighted by Gasteiger charge is -2.26. The van der Waals surface area contributed by atoms with E-state index in [1.807, 2.05) is 28.7 Å². The van der Waals surface area contributed by atoms with Gasteiger partial charge in [-0.3, -0.25) is 0 Å². The van der Waals surface area contributed by atoms with E-state index < -0.39 is 0 Å². The zero-order valence-corrected chi connectivity index (χ0v) is 27.7. The molecule has 2 aromatic heterocycles. The third kappa shape index (κ3) is 4.84. The molecule has 5 heteroatoms. The van der Waals surface area contributed by atoms with Crippen LogP contribution in [0.4, 0.5) is 17.1 Å². The number of thiophene rings is 2. The Morgan fingerprint density at radius 1 is 0.408 bits per heavy atom. The van der Waals surface area contributed by atoms with Crippen LogP contribution in [0.1, 0.15) is 11.1 Å². The van der Waals surface area contributed by atoms with Gasteiger partial charge in [-0.25, -0.2) is 0 Å². The Morgan fingerprint density at radius 2 is 0.857 bits per heavy atom. The summed E-state index contributed by atoms with van der Waals surface area (Å²) >= 11 is 3.66. The summed E-state index contributed by atoms with van der Waals surface area (Å²) in [7, 11) is 0. The Hall–Kier alpha value is -6.24. The van der Waals surface area contributed by atoms with Crippen LogP contribution < -0.4 is 4.90 Å². The monoisotopic (exact) mass is 659 g/mol. The number of anilines is 3. The van der Waals surface area contributed by atoms with Crippen molar-refractivity contribution in [1.29, 1.82) is 10.5 Å². The van der Waals surface area contributed by atoms with Crippen molar-refractivity contribution in [3.05, 3.63) is 163 Å². The quantitative estimate of drug-likeness (QED) is 0.185. The minimum atomic E-state index is 0.353. The molecule has 3 nitrogen and oxygen atoms in total. The Labute approximate surface area is 291 Å². The molecule has 9 rings (SSSR count). The number of rotatable bonds is 5. The predicted molar refractivity (Wildman–Crippen MR) is 207 cm³/mol. The van der Waals surface area contributed by atoms with Gasteiger partial charge in [-0.2, -0.15) is 10.5 Å². The van der Waals surface area contributed by atoms with Crippen molar-refractivity contribution in [2.45, 2.75) is 0 Å². The molecule has 0 fully saturated rings. The number of hydrogen-bond donors (Lipinski definition) is 0. The molecule has 0 saturated carbocycles. The number of fused-ring (bicyclic) bond motifs is 6. The van der Waals surface area contributed by atoms with Crippen LogP contribution in [-0.2, 0) is 0 Å². The van der Waals surface area contributed by atoms with E-state index in [0.29, 0.717) is 11.1 Å². The molecular formula is C44H25N3S2.